The summed E-state index contributed by atoms with van der Waals surface area (Å²) in [6.45, 7) is 0. The first-order valence-corrected chi connectivity index (χ1v) is 4.04. The molecule has 1 aliphatic heterocycles. The van der Waals surface area contributed by atoms with Gasteiger partial charge in [-0.05, 0) is 44.0 Å². The Morgan fingerprint density at radius 3 is 2.78 bits per heavy atom. The highest BCUT2D eigenvalue weighted by molar-refractivity contribution is 9.14. The van der Waals surface area contributed by atoms with Gasteiger partial charge in [-0.25, -0.2) is 0 Å². The molecule has 0 atom stereocenters. The minimum Gasteiger partial charge on any atom is -0.355 e. The lowest BCUT2D eigenvalue weighted by Crippen LogP contribution is -1.97. The molecular weight excluding hydrogens is 246 g/mol. The van der Waals surface area contributed by atoms with Gasteiger partial charge >= 0.3 is 0 Å². The van der Waals surface area contributed by atoms with Crippen molar-refractivity contribution in [2.75, 3.05) is 0 Å². The highest BCUT2D eigenvalue weighted by Gasteiger charge is 1.94. The van der Waals surface area contributed by atoms with Gasteiger partial charge in [0.15, 0.2) is 0 Å². The lowest BCUT2D eigenvalue weighted by Gasteiger charge is -1.95. The van der Waals surface area contributed by atoms with Gasteiger partial charge in [0, 0.05) is 10.7 Å². The Morgan fingerprint density at radius 1 is 1.22 bits per heavy atom. The van der Waals surface area contributed by atoms with Gasteiger partial charge in [-0.15, -0.1) is 0 Å². The van der Waals surface area contributed by atoms with E-state index in [0.717, 1.165) is 9.09 Å². The van der Waals surface area contributed by atoms with E-state index in [2.05, 4.69) is 37.2 Å². The lowest BCUT2D eigenvalue weighted by atomic mass is 10.5. The minimum atomic E-state index is 0.951. The SMILES string of the molecule is BrC1=C(Br)NC=CC=C1. The number of halogens is 2. The summed E-state index contributed by atoms with van der Waals surface area (Å²) in [5, 5.41) is 3.00. The van der Waals surface area contributed by atoms with Crippen molar-refractivity contribution in [3.63, 3.8) is 0 Å². The summed E-state index contributed by atoms with van der Waals surface area (Å²) >= 11 is 6.67. The van der Waals surface area contributed by atoms with Crippen LogP contribution in [0.1, 0.15) is 0 Å². The summed E-state index contributed by atoms with van der Waals surface area (Å²) in [7, 11) is 0. The van der Waals surface area contributed by atoms with Gasteiger partial charge in [0.1, 0.15) is 0 Å². The minimum absolute atomic E-state index is 0.951. The fourth-order valence-corrected chi connectivity index (χ4v) is 0.990. The molecule has 1 nitrogen and oxygen atoms in total. The van der Waals surface area contributed by atoms with Crippen molar-refractivity contribution >= 4 is 31.9 Å². The summed E-state index contributed by atoms with van der Waals surface area (Å²) in [4.78, 5) is 0. The van der Waals surface area contributed by atoms with Crippen molar-refractivity contribution in [1.29, 1.82) is 0 Å². The van der Waals surface area contributed by atoms with E-state index in [0.29, 0.717) is 0 Å². The lowest BCUT2D eigenvalue weighted by molar-refractivity contribution is 1.18. The molecule has 1 N–H and O–H groups in total. The van der Waals surface area contributed by atoms with Crippen LogP contribution in [0.4, 0.5) is 0 Å². The van der Waals surface area contributed by atoms with Crippen molar-refractivity contribution in [3.05, 3.63) is 33.5 Å². The van der Waals surface area contributed by atoms with E-state index in [1.807, 2.05) is 24.4 Å². The van der Waals surface area contributed by atoms with Gasteiger partial charge in [-0.2, -0.15) is 0 Å². The number of hydrogen-bond donors (Lipinski definition) is 1. The first-order chi connectivity index (χ1) is 4.30. The van der Waals surface area contributed by atoms with Crippen LogP contribution in [0.25, 0.3) is 0 Å². The van der Waals surface area contributed by atoms with E-state index in [1.165, 1.54) is 0 Å². The molecule has 0 radical (unpaired) electrons. The van der Waals surface area contributed by atoms with Crippen LogP contribution < -0.4 is 5.32 Å². The van der Waals surface area contributed by atoms with E-state index in [4.69, 9.17) is 0 Å². The Kier molecular flexibility index (Phi) is 2.54. The Bertz CT molecular complexity index is 191. The van der Waals surface area contributed by atoms with Crippen molar-refractivity contribution in [3.8, 4) is 0 Å². The molecule has 0 amide bonds. The summed E-state index contributed by atoms with van der Waals surface area (Å²) in [6, 6.07) is 0. The molecule has 0 unspecified atom stereocenters. The quantitative estimate of drug-likeness (QED) is 0.652. The third-order valence-electron chi connectivity index (χ3n) is 0.870. The van der Waals surface area contributed by atoms with Gasteiger partial charge < -0.3 is 5.32 Å². The summed E-state index contributed by atoms with van der Waals surface area (Å²) < 4.78 is 1.97. The van der Waals surface area contributed by atoms with E-state index in [1.54, 1.807) is 0 Å². The normalized spacial score (nSPS) is 17.6. The molecule has 0 aromatic rings. The summed E-state index contributed by atoms with van der Waals surface area (Å²) in [6.07, 6.45) is 7.69. The fourth-order valence-electron chi connectivity index (χ4n) is 0.459. The van der Waals surface area contributed by atoms with Crippen LogP contribution in [0.2, 0.25) is 0 Å². The summed E-state index contributed by atoms with van der Waals surface area (Å²) in [5.41, 5.74) is 0. The average molecular weight is 251 g/mol. The van der Waals surface area contributed by atoms with E-state index in [9.17, 15) is 0 Å². The van der Waals surface area contributed by atoms with Gasteiger partial charge in [-0.3, -0.25) is 0 Å². The molecule has 0 saturated heterocycles. The number of hydrogen-bond acceptors (Lipinski definition) is 1. The maximum absolute atomic E-state index is 3.35. The van der Waals surface area contributed by atoms with Crippen LogP contribution >= 0.6 is 31.9 Å². The zero-order valence-electron chi connectivity index (χ0n) is 4.57. The monoisotopic (exact) mass is 249 g/mol. The smallest absolute Gasteiger partial charge is 0.0963 e. The molecule has 3 heteroatoms. The number of rotatable bonds is 0. The molecule has 0 saturated carbocycles. The Morgan fingerprint density at radius 2 is 2.00 bits per heavy atom. The zero-order chi connectivity index (χ0) is 6.69. The molecule has 0 aromatic heterocycles. The van der Waals surface area contributed by atoms with Crippen LogP contribution in [0.3, 0.4) is 0 Å². The third-order valence-corrected chi connectivity index (χ3v) is 2.72. The number of nitrogens with one attached hydrogen (secondary N) is 1. The molecule has 0 spiro atoms. The van der Waals surface area contributed by atoms with Gasteiger partial charge in [0.25, 0.3) is 0 Å². The Balaban J connectivity index is 2.85. The van der Waals surface area contributed by atoms with E-state index < -0.39 is 0 Å². The van der Waals surface area contributed by atoms with Crippen LogP contribution in [-0.4, -0.2) is 0 Å². The second kappa shape index (κ2) is 3.22. The molecule has 0 aliphatic carbocycles. The van der Waals surface area contributed by atoms with Crippen LogP contribution in [-0.2, 0) is 0 Å². The van der Waals surface area contributed by atoms with Crippen LogP contribution in [0.15, 0.2) is 33.5 Å². The Labute approximate surface area is 70.8 Å². The summed E-state index contributed by atoms with van der Waals surface area (Å²) in [5.74, 6) is 0. The van der Waals surface area contributed by atoms with Gasteiger partial charge in [0.2, 0.25) is 0 Å². The largest absolute Gasteiger partial charge is 0.355 e. The average Bonchev–Trinajstić information content (AvgIpc) is 1.99. The molecule has 1 rings (SSSR count). The molecular formula is C6H5Br2N. The second-order valence-corrected chi connectivity index (χ2v) is 3.17. The topological polar surface area (TPSA) is 12.0 Å². The first kappa shape index (κ1) is 7.09. The van der Waals surface area contributed by atoms with Crippen molar-refractivity contribution in [2.24, 2.45) is 0 Å². The predicted molar refractivity (Wildman–Crippen MR) is 46.3 cm³/mol. The molecule has 48 valence electrons. The van der Waals surface area contributed by atoms with Gasteiger partial charge in [-0.1, -0.05) is 6.08 Å². The third kappa shape index (κ3) is 1.99. The second-order valence-electron chi connectivity index (χ2n) is 1.52. The van der Waals surface area contributed by atoms with E-state index in [-0.39, 0.29) is 0 Å². The van der Waals surface area contributed by atoms with E-state index >= 15 is 0 Å². The van der Waals surface area contributed by atoms with Crippen LogP contribution in [0, 0.1) is 0 Å². The number of allylic oxidation sites excluding steroid dienone is 4. The molecule has 0 bridgehead atoms. The molecule has 1 heterocycles. The maximum atomic E-state index is 3.35. The van der Waals surface area contributed by atoms with Gasteiger partial charge in [0.05, 0.1) is 4.61 Å². The maximum Gasteiger partial charge on any atom is 0.0963 e. The highest BCUT2D eigenvalue weighted by Crippen LogP contribution is 2.17. The van der Waals surface area contributed by atoms with Crippen molar-refractivity contribution < 1.29 is 0 Å². The predicted octanol–water partition coefficient (Wildman–Crippen LogP) is 2.62. The standard InChI is InChI=1S/C6H5Br2N/c7-5-3-1-2-4-9-6(5)8/h1-4,9H. The molecule has 0 aromatic carbocycles. The van der Waals surface area contributed by atoms with Crippen LogP contribution in [0.5, 0.6) is 0 Å². The fraction of sp³-hybridized carbons (Fsp3) is 0. The molecule has 0 fully saturated rings. The first-order valence-electron chi connectivity index (χ1n) is 2.46. The Hall–Kier alpha value is -0.0200. The van der Waals surface area contributed by atoms with Crippen molar-refractivity contribution in [2.45, 2.75) is 0 Å². The highest BCUT2D eigenvalue weighted by atomic mass is 79.9. The molecule has 9 heavy (non-hydrogen) atoms. The molecule has 1 aliphatic rings. The zero-order valence-corrected chi connectivity index (χ0v) is 7.74. The van der Waals surface area contributed by atoms with Crippen molar-refractivity contribution in [1.82, 2.24) is 5.32 Å².